The summed E-state index contributed by atoms with van der Waals surface area (Å²) in [6.45, 7) is 3.99. The Morgan fingerprint density at radius 1 is 1.50 bits per heavy atom. The first-order valence-electron chi connectivity index (χ1n) is 5.61. The molecule has 0 saturated carbocycles. The van der Waals surface area contributed by atoms with E-state index < -0.39 is 5.97 Å². The largest absolute Gasteiger partial charge is 0.460 e. The van der Waals surface area contributed by atoms with Crippen LogP contribution < -0.4 is 0 Å². The topological polar surface area (TPSA) is 55.0 Å². The molecular formula is C13H13BrN2O2. The Hall–Kier alpha value is -1.62. The summed E-state index contributed by atoms with van der Waals surface area (Å²) in [6, 6.07) is 7.77. The first-order chi connectivity index (χ1) is 8.61. The van der Waals surface area contributed by atoms with E-state index in [0.29, 0.717) is 6.61 Å². The Labute approximate surface area is 114 Å². The molecule has 0 bridgehead atoms. The van der Waals surface area contributed by atoms with E-state index in [1.807, 2.05) is 31.2 Å². The van der Waals surface area contributed by atoms with Crippen molar-refractivity contribution in [3.05, 3.63) is 40.3 Å². The van der Waals surface area contributed by atoms with E-state index in [9.17, 15) is 4.79 Å². The minimum Gasteiger partial charge on any atom is -0.460 e. The molecule has 18 heavy (non-hydrogen) atoms. The fraction of sp³-hybridized carbons (Fsp3) is 0.231. The van der Waals surface area contributed by atoms with Crippen LogP contribution in [-0.2, 0) is 4.74 Å². The SMILES string of the molecule is CCOC(=O)c1nc(-c2cccc(Br)c2)c(C)[nH]1. The second-order valence-electron chi connectivity index (χ2n) is 3.79. The number of aromatic amines is 1. The van der Waals surface area contributed by atoms with Gasteiger partial charge in [0.05, 0.1) is 12.3 Å². The summed E-state index contributed by atoms with van der Waals surface area (Å²) in [7, 11) is 0. The lowest BCUT2D eigenvalue weighted by molar-refractivity contribution is 0.0513. The maximum absolute atomic E-state index is 11.6. The van der Waals surface area contributed by atoms with E-state index in [0.717, 1.165) is 21.4 Å². The number of imidazole rings is 1. The minimum absolute atomic E-state index is 0.240. The van der Waals surface area contributed by atoms with Gasteiger partial charge in [-0.1, -0.05) is 28.1 Å². The van der Waals surface area contributed by atoms with Crippen molar-refractivity contribution in [2.45, 2.75) is 13.8 Å². The van der Waals surface area contributed by atoms with Gasteiger partial charge in [0.2, 0.25) is 5.82 Å². The molecule has 1 heterocycles. The number of rotatable bonds is 3. The predicted octanol–water partition coefficient (Wildman–Crippen LogP) is 3.32. The summed E-state index contributed by atoms with van der Waals surface area (Å²) < 4.78 is 5.89. The summed E-state index contributed by atoms with van der Waals surface area (Å²) in [4.78, 5) is 18.8. The lowest BCUT2D eigenvalue weighted by Gasteiger charge is -1.98. The highest BCUT2D eigenvalue weighted by atomic mass is 79.9. The van der Waals surface area contributed by atoms with Gasteiger partial charge in [-0.2, -0.15) is 0 Å². The predicted molar refractivity (Wildman–Crippen MR) is 72.4 cm³/mol. The van der Waals surface area contributed by atoms with Gasteiger partial charge in [-0.15, -0.1) is 0 Å². The van der Waals surface area contributed by atoms with E-state index in [2.05, 4.69) is 25.9 Å². The molecule has 0 saturated heterocycles. The third-order valence-corrected chi connectivity index (χ3v) is 2.94. The van der Waals surface area contributed by atoms with Gasteiger partial charge in [-0.3, -0.25) is 0 Å². The van der Waals surface area contributed by atoms with Gasteiger partial charge < -0.3 is 9.72 Å². The maximum Gasteiger partial charge on any atom is 0.374 e. The van der Waals surface area contributed by atoms with E-state index >= 15 is 0 Å². The van der Waals surface area contributed by atoms with Gasteiger partial charge in [0.15, 0.2) is 0 Å². The lowest BCUT2D eigenvalue weighted by Crippen LogP contribution is -2.06. The monoisotopic (exact) mass is 308 g/mol. The van der Waals surface area contributed by atoms with Crippen molar-refractivity contribution in [3.8, 4) is 11.3 Å². The molecule has 0 unspecified atom stereocenters. The summed E-state index contributed by atoms with van der Waals surface area (Å²) >= 11 is 3.41. The van der Waals surface area contributed by atoms with Gasteiger partial charge in [0.25, 0.3) is 0 Å². The van der Waals surface area contributed by atoms with Crippen molar-refractivity contribution in [2.75, 3.05) is 6.61 Å². The number of halogens is 1. The minimum atomic E-state index is -0.429. The zero-order valence-corrected chi connectivity index (χ0v) is 11.7. The quantitative estimate of drug-likeness (QED) is 0.885. The van der Waals surface area contributed by atoms with Crippen LogP contribution in [0.5, 0.6) is 0 Å². The highest BCUT2D eigenvalue weighted by molar-refractivity contribution is 9.10. The highest BCUT2D eigenvalue weighted by Crippen LogP contribution is 2.24. The number of nitrogens with one attached hydrogen (secondary N) is 1. The average molecular weight is 309 g/mol. The number of ether oxygens (including phenoxy) is 1. The average Bonchev–Trinajstić information content (AvgIpc) is 2.72. The normalized spacial score (nSPS) is 10.4. The third-order valence-electron chi connectivity index (χ3n) is 2.45. The molecular weight excluding hydrogens is 296 g/mol. The van der Waals surface area contributed by atoms with Crippen LogP contribution in [0.25, 0.3) is 11.3 Å². The van der Waals surface area contributed by atoms with Crippen molar-refractivity contribution in [1.29, 1.82) is 0 Å². The van der Waals surface area contributed by atoms with E-state index in [1.54, 1.807) is 6.92 Å². The Kier molecular flexibility index (Phi) is 3.81. The molecule has 2 rings (SSSR count). The second-order valence-corrected chi connectivity index (χ2v) is 4.71. The van der Waals surface area contributed by atoms with Gasteiger partial charge >= 0.3 is 5.97 Å². The van der Waals surface area contributed by atoms with Crippen LogP contribution in [0, 0.1) is 6.92 Å². The molecule has 0 spiro atoms. The smallest absolute Gasteiger partial charge is 0.374 e. The van der Waals surface area contributed by atoms with Crippen LogP contribution in [0.2, 0.25) is 0 Å². The van der Waals surface area contributed by atoms with Crippen LogP contribution >= 0.6 is 15.9 Å². The summed E-state index contributed by atoms with van der Waals surface area (Å²) in [6.07, 6.45) is 0. The molecule has 0 aliphatic rings. The van der Waals surface area contributed by atoms with Gasteiger partial charge in [0.1, 0.15) is 0 Å². The summed E-state index contributed by atoms with van der Waals surface area (Å²) in [5.74, 6) is -0.189. The van der Waals surface area contributed by atoms with Crippen LogP contribution in [0.4, 0.5) is 0 Å². The number of H-pyrrole nitrogens is 1. The lowest BCUT2D eigenvalue weighted by atomic mass is 10.1. The van der Waals surface area contributed by atoms with Crippen molar-refractivity contribution < 1.29 is 9.53 Å². The zero-order valence-electron chi connectivity index (χ0n) is 10.2. The van der Waals surface area contributed by atoms with Gasteiger partial charge in [-0.05, 0) is 26.0 Å². The molecule has 0 amide bonds. The Bertz CT molecular complexity index is 578. The first kappa shape index (κ1) is 12.8. The molecule has 0 radical (unpaired) electrons. The number of nitrogens with zero attached hydrogens (tertiary/aromatic N) is 1. The molecule has 1 aromatic carbocycles. The Morgan fingerprint density at radius 2 is 2.28 bits per heavy atom. The van der Waals surface area contributed by atoms with Gasteiger partial charge in [0, 0.05) is 15.7 Å². The molecule has 4 nitrogen and oxygen atoms in total. The Morgan fingerprint density at radius 3 is 2.94 bits per heavy atom. The standard InChI is InChI=1S/C13H13BrN2O2/c1-3-18-13(17)12-15-8(2)11(16-12)9-5-4-6-10(14)7-9/h4-7H,3H2,1-2H3,(H,15,16). The molecule has 0 fully saturated rings. The number of carbonyl (C=O) groups is 1. The number of aromatic nitrogens is 2. The van der Waals surface area contributed by atoms with Gasteiger partial charge in [-0.25, -0.2) is 9.78 Å². The molecule has 1 aromatic heterocycles. The molecule has 94 valence electrons. The fourth-order valence-electron chi connectivity index (χ4n) is 1.67. The van der Waals surface area contributed by atoms with E-state index in [-0.39, 0.29) is 5.82 Å². The maximum atomic E-state index is 11.6. The third kappa shape index (κ3) is 2.61. The Balaban J connectivity index is 2.38. The summed E-state index contributed by atoms with van der Waals surface area (Å²) in [5, 5.41) is 0. The molecule has 1 N–H and O–H groups in total. The van der Waals surface area contributed by atoms with Crippen LogP contribution in [0.3, 0.4) is 0 Å². The number of aryl methyl sites for hydroxylation is 1. The molecule has 0 aliphatic heterocycles. The van der Waals surface area contributed by atoms with Crippen molar-refractivity contribution in [1.82, 2.24) is 9.97 Å². The fourth-order valence-corrected chi connectivity index (χ4v) is 2.07. The number of carbonyl (C=O) groups excluding carboxylic acids is 1. The van der Waals surface area contributed by atoms with Crippen LogP contribution in [0.1, 0.15) is 23.2 Å². The number of hydrogen-bond acceptors (Lipinski definition) is 3. The molecule has 0 atom stereocenters. The van der Waals surface area contributed by atoms with Crippen molar-refractivity contribution in [2.24, 2.45) is 0 Å². The molecule has 2 aromatic rings. The van der Waals surface area contributed by atoms with E-state index in [1.165, 1.54) is 0 Å². The van der Waals surface area contributed by atoms with Crippen molar-refractivity contribution in [3.63, 3.8) is 0 Å². The highest BCUT2D eigenvalue weighted by Gasteiger charge is 2.15. The number of esters is 1. The molecule has 0 aliphatic carbocycles. The van der Waals surface area contributed by atoms with E-state index in [4.69, 9.17) is 4.74 Å². The van der Waals surface area contributed by atoms with Crippen molar-refractivity contribution >= 4 is 21.9 Å². The first-order valence-corrected chi connectivity index (χ1v) is 6.40. The number of hydrogen-bond donors (Lipinski definition) is 1. The van der Waals surface area contributed by atoms with Crippen LogP contribution in [-0.4, -0.2) is 22.5 Å². The zero-order chi connectivity index (χ0) is 13.1. The number of benzene rings is 1. The second kappa shape index (κ2) is 5.35. The molecule has 5 heteroatoms. The summed E-state index contributed by atoms with van der Waals surface area (Å²) in [5.41, 5.74) is 2.56. The van der Waals surface area contributed by atoms with Crippen LogP contribution in [0.15, 0.2) is 28.7 Å².